The normalized spacial score (nSPS) is 14.0. The van der Waals surface area contributed by atoms with Crippen molar-refractivity contribution in [2.45, 2.75) is 5.41 Å². The van der Waals surface area contributed by atoms with E-state index in [0.29, 0.717) is 0 Å². The van der Waals surface area contributed by atoms with Crippen LogP contribution < -0.4 is 0 Å². The number of fused-ring (bicyclic) bond motifs is 17. The van der Waals surface area contributed by atoms with Crippen molar-refractivity contribution in [2.75, 3.05) is 0 Å². The lowest BCUT2D eigenvalue weighted by atomic mass is 9.70. The summed E-state index contributed by atoms with van der Waals surface area (Å²) in [5.74, 6) is 0. The highest BCUT2D eigenvalue weighted by atomic mass is 32.1. The second kappa shape index (κ2) is 8.38. The van der Waals surface area contributed by atoms with E-state index in [-0.39, 0.29) is 0 Å². The lowest BCUT2D eigenvalue weighted by molar-refractivity contribution is 0.797. The molecule has 9 aromatic rings. The summed E-state index contributed by atoms with van der Waals surface area (Å²) in [7, 11) is 0. The molecule has 11 rings (SSSR count). The Kier molecular flexibility index (Phi) is 4.46. The molecule has 0 unspecified atom stereocenters. The zero-order valence-electron chi connectivity index (χ0n) is 24.3. The topological polar surface area (TPSA) is 4.93 Å². The Bertz CT molecular complexity index is 2660. The number of hydrogen-bond acceptors (Lipinski definition) is 1. The average molecular weight is 588 g/mol. The molecule has 0 bridgehead atoms. The molecule has 0 atom stereocenters. The third-order valence-electron chi connectivity index (χ3n) is 10.4. The van der Waals surface area contributed by atoms with Crippen LogP contribution in [0.1, 0.15) is 22.3 Å². The number of thiophene rings is 1. The van der Waals surface area contributed by atoms with Crippen molar-refractivity contribution < 1.29 is 0 Å². The van der Waals surface area contributed by atoms with Gasteiger partial charge in [0.2, 0.25) is 0 Å². The van der Waals surface area contributed by atoms with Crippen LogP contribution in [-0.4, -0.2) is 4.57 Å². The summed E-state index contributed by atoms with van der Waals surface area (Å²) < 4.78 is 5.22. The molecule has 0 saturated heterocycles. The minimum atomic E-state index is -0.413. The van der Waals surface area contributed by atoms with Crippen LogP contribution in [0.15, 0.2) is 152 Å². The van der Waals surface area contributed by atoms with Crippen LogP contribution in [-0.2, 0) is 5.41 Å². The van der Waals surface area contributed by atoms with Gasteiger partial charge in [-0.2, -0.15) is 0 Å². The third kappa shape index (κ3) is 2.80. The van der Waals surface area contributed by atoms with Crippen molar-refractivity contribution in [1.82, 2.24) is 4.57 Å². The third-order valence-corrected chi connectivity index (χ3v) is 11.6. The Morgan fingerprint density at radius 2 is 1.00 bits per heavy atom. The highest BCUT2D eigenvalue weighted by Crippen LogP contribution is 2.64. The van der Waals surface area contributed by atoms with E-state index in [2.05, 4.69) is 156 Å². The summed E-state index contributed by atoms with van der Waals surface area (Å²) in [6, 6.07) is 56.9. The predicted molar refractivity (Wildman–Crippen MR) is 190 cm³/mol. The lowest BCUT2D eigenvalue weighted by Crippen LogP contribution is -2.26. The molecule has 2 aromatic heterocycles. The number of rotatable bonds is 1. The Morgan fingerprint density at radius 3 is 1.73 bits per heavy atom. The van der Waals surface area contributed by atoms with Gasteiger partial charge in [-0.05, 0) is 69.3 Å². The van der Waals surface area contributed by atoms with Crippen LogP contribution in [0.3, 0.4) is 0 Å². The summed E-state index contributed by atoms with van der Waals surface area (Å²) in [5, 5.41) is 5.24. The first kappa shape index (κ1) is 23.9. The van der Waals surface area contributed by atoms with Gasteiger partial charge in [0.05, 0.1) is 16.4 Å². The highest BCUT2D eigenvalue weighted by Gasteiger charge is 2.53. The van der Waals surface area contributed by atoms with Crippen LogP contribution in [0, 0.1) is 0 Å². The minimum absolute atomic E-state index is 0.413. The van der Waals surface area contributed by atoms with Gasteiger partial charge >= 0.3 is 0 Å². The van der Waals surface area contributed by atoms with Crippen LogP contribution >= 0.6 is 11.3 Å². The maximum atomic E-state index is 2.56. The Hall–Kier alpha value is -5.44. The van der Waals surface area contributed by atoms with E-state index in [4.69, 9.17) is 0 Å². The van der Waals surface area contributed by atoms with Gasteiger partial charge in [0.1, 0.15) is 0 Å². The van der Waals surface area contributed by atoms with Gasteiger partial charge in [0.25, 0.3) is 0 Å². The first-order valence-corrected chi connectivity index (χ1v) is 16.4. The van der Waals surface area contributed by atoms with Crippen molar-refractivity contribution in [3.8, 4) is 27.9 Å². The zero-order chi connectivity index (χ0) is 29.3. The first-order valence-electron chi connectivity index (χ1n) is 15.6. The fraction of sp³-hybridized carbons (Fsp3) is 0.0233. The average Bonchev–Trinajstić information content (AvgIpc) is 3.81. The van der Waals surface area contributed by atoms with Crippen molar-refractivity contribution in [3.63, 3.8) is 0 Å². The zero-order valence-corrected chi connectivity index (χ0v) is 25.1. The molecule has 0 N–H and O–H groups in total. The van der Waals surface area contributed by atoms with Crippen LogP contribution in [0.2, 0.25) is 0 Å². The van der Waals surface area contributed by atoms with Gasteiger partial charge in [0, 0.05) is 42.2 Å². The number of hydrogen-bond donors (Lipinski definition) is 0. The standard InChI is InChI=1S/C43H25NS/c1-6-16-35-27(11-1)28-12-2-7-17-36(28)43(35)37-18-8-3-13-29(37)32-22-23-33-30-14-4-9-19-38(30)44(42(33)41(32)43)26-21-24-40-34(25-26)31-15-5-10-20-39(31)45-40/h1-25H. The molecule has 45 heavy (non-hydrogen) atoms. The summed E-state index contributed by atoms with van der Waals surface area (Å²) in [4.78, 5) is 0. The van der Waals surface area contributed by atoms with Crippen molar-refractivity contribution in [2.24, 2.45) is 0 Å². The van der Waals surface area contributed by atoms with Crippen LogP contribution in [0.25, 0.3) is 69.9 Å². The van der Waals surface area contributed by atoms with Gasteiger partial charge in [0.15, 0.2) is 0 Å². The Labute approximate surface area is 264 Å². The predicted octanol–water partition coefficient (Wildman–Crippen LogP) is 11.5. The van der Waals surface area contributed by atoms with Crippen LogP contribution in [0.5, 0.6) is 0 Å². The van der Waals surface area contributed by atoms with E-state index in [1.54, 1.807) is 0 Å². The maximum Gasteiger partial charge on any atom is 0.0746 e. The molecule has 1 spiro atoms. The van der Waals surface area contributed by atoms with E-state index in [9.17, 15) is 0 Å². The van der Waals surface area contributed by atoms with Crippen molar-refractivity contribution >= 4 is 53.3 Å². The maximum absolute atomic E-state index is 2.56. The molecule has 1 nitrogen and oxygen atoms in total. The molecular formula is C43H25NS. The van der Waals surface area contributed by atoms with Crippen molar-refractivity contribution in [1.29, 1.82) is 0 Å². The summed E-state index contributed by atoms with van der Waals surface area (Å²) in [6.07, 6.45) is 0. The van der Waals surface area contributed by atoms with E-state index in [1.165, 1.54) is 92.2 Å². The number of nitrogens with zero attached hydrogens (tertiary/aromatic N) is 1. The Morgan fingerprint density at radius 1 is 0.422 bits per heavy atom. The largest absolute Gasteiger partial charge is 0.309 e. The molecule has 2 aliphatic rings. The summed E-state index contributed by atoms with van der Waals surface area (Å²) >= 11 is 1.88. The second-order valence-electron chi connectivity index (χ2n) is 12.4. The molecule has 0 radical (unpaired) electrons. The number of para-hydroxylation sites is 1. The lowest BCUT2D eigenvalue weighted by Gasteiger charge is -2.31. The molecule has 2 heteroatoms. The quantitative estimate of drug-likeness (QED) is 0.180. The fourth-order valence-corrected chi connectivity index (χ4v) is 9.84. The highest BCUT2D eigenvalue weighted by molar-refractivity contribution is 7.25. The summed E-state index contributed by atoms with van der Waals surface area (Å²) in [6.45, 7) is 0. The molecule has 0 saturated carbocycles. The Balaban J connectivity index is 1.37. The molecule has 0 amide bonds. The molecule has 2 heterocycles. The number of aromatic nitrogens is 1. The van der Waals surface area contributed by atoms with E-state index in [0.717, 1.165) is 0 Å². The van der Waals surface area contributed by atoms with Gasteiger partial charge < -0.3 is 4.57 Å². The molecule has 208 valence electrons. The van der Waals surface area contributed by atoms with E-state index in [1.807, 2.05) is 11.3 Å². The fourth-order valence-electron chi connectivity index (χ4n) is 8.76. The first-order chi connectivity index (χ1) is 22.3. The molecule has 0 aliphatic heterocycles. The van der Waals surface area contributed by atoms with Crippen LogP contribution in [0.4, 0.5) is 0 Å². The molecule has 7 aromatic carbocycles. The molecule has 2 aliphatic carbocycles. The van der Waals surface area contributed by atoms with Crippen molar-refractivity contribution in [3.05, 3.63) is 174 Å². The van der Waals surface area contributed by atoms with E-state index < -0.39 is 5.41 Å². The molecular weight excluding hydrogens is 563 g/mol. The van der Waals surface area contributed by atoms with Gasteiger partial charge in [-0.25, -0.2) is 0 Å². The second-order valence-corrected chi connectivity index (χ2v) is 13.5. The monoisotopic (exact) mass is 587 g/mol. The minimum Gasteiger partial charge on any atom is -0.309 e. The van der Waals surface area contributed by atoms with Gasteiger partial charge in [-0.15, -0.1) is 11.3 Å². The SMILES string of the molecule is c1ccc2c(c1)-c1ccccc1C21c2ccccc2-c2ccc3c4ccccc4n(-c4ccc5sc6ccccc6c5c4)c3c21. The number of benzene rings is 7. The van der Waals surface area contributed by atoms with Gasteiger partial charge in [-0.1, -0.05) is 121 Å². The van der Waals surface area contributed by atoms with Gasteiger partial charge in [-0.3, -0.25) is 0 Å². The van der Waals surface area contributed by atoms with E-state index >= 15 is 0 Å². The smallest absolute Gasteiger partial charge is 0.0746 e. The summed E-state index contributed by atoms with van der Waals surface area (Å²) in [5.41, 5.74) is 14.2. The molecule has 0 fully saturated rings.